The molecule has 1 heterocycles. The first-order valence-electron chi connectivity index (χ1n) is 16.7. The number of hydrogen-bond acceptors (Lipinski definition) is 10. The number of urea groups is 1. The van der Waals surface area contributed by atoms with Gasteiger partial charge in [-0.15, -0.1) is 0 Å². The zero-order valence-electron chi connectivity index (χ0n) is 30.9. The summed E-state index contributed by atoms with van der Waals surface area (Å²) in [6.07, 6.45) is 3.03. The molecule has 1 aromatic heterocycles. The second-order valence-corrected chi connectivity index (χ2v) is 17.5. The van der Waals surface area contributed by atoms with E-state index >= 15 is 0 Å². The highest BCUT2D eigenvalue weighted by atomic mass is 32.2. The first-order chi connectivity index (χ1) is 25.0. The maximum atomic E-state index is 13.5. The summed E-state index contributed by atoms with van der Waals surface area (Å²) in [5.41, 5.74) is 2.27. The summed E-state index contributed by atoms with van der Waals surface area (Å²) in [7, 11) is -3.76. The number of methoxy groups -OCH3 is 2. The average Bonchev–Trinajstić information content (AvgIpc) is 3.08. The highest BCUT2D eigenvalue weighted by molar-refractivity contribution is 7.92. The van der Waals surface area contributed by atoms with Crippen LogP contribution in [0.2, 0.25) is 0 Å². The van der Waals surface area contributed by atoms with E-state index in [1.54, 1.807) is 62.2 Å². The molecule has 13 nitrogen and oxygen atoms in total. The Labute approximate surface area is 310 Å². The van der Waals surface area contributed by atoms with E-state index in [2.05, 4.69) is 25.3 Å². The largest absolute Gasteiger partial charge is 0.496 e. The molecular formula is C38H44N5O8PS. The molecule has 1 atom stereocenters. The van der Waals surface area contributed by atoms with E-state index in [4.69, 9.17) is 18.7 Å². The summed E-state index contributed by atoms with van der Waals surface area (Å²) in [6, 6.07) is 20.8. The monoisotopic (exact) mass is 761 g/mol. The molecule has 0 aliphatic rings. The minimum Gasteiger partial charge on any atom is -0.496 e. The van der Waals surface area contributed by atoms with Crippen LogP contribution in [0.4, 0.5) is 21.9 Å². The van der Waals surface area contributed by atoms with Crippen molar-refractivity contribution in [1.29, 1.82) is 0 Å². The van der Waals surface area contributed by atoms with Gasteiger partial charge in [0.1, 0.15) is 17.3 Å². The fourth-order valence-corrected chi connectivity index (χ4v) is 7.78. The number of hydrogen-bond donors (Lipinski definition) is 3. The second kappa shape index (κ2) is 15.8. The molecular weight excluding hydrogens is 717 g/mol. The Morgan fingerprint density at radius 1 is 0.868 bits per heavy atom. The lowest BCUT2D eigenvalue weighted by molar-refractivity contribution is 0.262. The maximum Gasteiger partial charge on any atom is 0.323 e. The van der Waals surface area contributed by atoms with Crippen LogP contribution in [0.1, 0.15) is 44.6 Å². The van der Waals surface area contributed by atoms with Gasteiger partial charge in [0, 0.05) is 36.1 Å². The highest BCUT2D eigenvalue weighted by Gasteiger charge is 2.25. The van der Waals surface area contributed by atoms with Crippen LogP contribution >= 0.6 is 7.37 Å². The minimum atomic E-state index is -3.64. The number of carbonyl (C=O) groups excluding carboxylic acids is 1. The van der Waals surface area contributed by atoms with Crippen molar-refractivity contribution in [1.82, 2.24) is 9.97 Å². The van der Waals surface area contributed by atoms with Gasteiger partial charge in [-0.3, -0.25) is 9.29 Å². The Morgan fingerprint density at radius 2 is 1.57 bits per heavy atom. The molecule has 280 valence electrons. The SMILES string of the molecule is CCOP(C)(=O)c1ccc(Cc2nccc(Oc3ccc(NC(=O)Nc4cc(C(C)(C)C)cc(NS(C)(=O)=O)c4OC)c4ccccc34)n2)cc1OC. The quantitative estimate of drug-likeness (QED) is 0.100. The summed E-state index contributed by atoms with van der Waals surface area (Å²) >= 11 is 0. The summed E-state index contributed by atoms with van der Waals surface area (Å²) in [5, 5.41) is 7.67. The van der Waals surface area contributed by atoms with Crippen molar-refractivity contribution in [3.63, 3.8) is 0 Å². The number of ether oxygens (including phenoxy) is 3. The molecule has 0 aliphatic carbocycles. The third-order valence-electron chi connectivity index (χ3n) is 8.15. The molecule has 0 radical (unpaired) electrons. The van der Waals surface area contributed by atoms with Crippen molar-refractivity contribution < 1.29 is 36.5 Å². The number of nitrogens with one attached hydrogen (secondary N) is 3. The van der Waals surface area contributed by atoms with E-state index < -0.39 is 23.4 Å². The van der Waals surface area contributed by atoms with Gasteiger partial charge in [-0.05, 0) is 59.9 Å². The van der Waals surface area contributed by atoms with E-state index in [1.807, 2.05) is 51.1 Å². The van der Waals surface area contributed by atoms with E-state index in [0.717, 1.165) is 22.8 Å². The van der Waals surface area contributed by atoms with Crippen LogP contribution in [-0.2, 0) is 30.9 Å². The smallest absolute Gasteiger partial charge is 0.323 e. The summed E-state index contributed by atoms with van der Waals surface area (Å²) < 4.78 is 62.7. The topological polar surface area (TPSA) is 167 Å². The lowest BCUT2D eigenvalue weighted by Gasteiger charge is -2.24. The van der Waals surface area contributed by atoms with Gasteiger partial charge in [0.15, 0.2) is 5.75 Å². The Bertz CT molecular complexity index is 2310. The molecule has 0 aliphatic heterocycles. The van der Waals surface area contributed by atoms with Gasteiger partial charge >= 0.3 is 6.03 Å². The van der Waals surface area contributed by atoms with Gasteiger partial charge in [-0.2, -0.15) is 4.98 Å². The van der Waals surface area contributed by atoms with Crippen molar-refractivity contribution in [2.24, 2.45) is 0 Å². The van der Waals surface area contributed by atoms with Crippen molar-refractivity contribution in [3.05, 3.63) is 95.9 Å². The maximum absolute atomic E-state index is 13.5. The average molecular weight is 762 g/mol. The summed E-state index contributed by atoms with van der Waals surface area (Å²) in [6.45, 7) is 9.63. The molecule has 5 rings (SSSR count). The third-order valence-corrected chi connectivity index (χ3v) is 10.7. The number of nitrogens with zero attached hydrogens (tertiary/aromatic N) is 2. The molecule has 0 saturated heterocycles. The lowest BCUT2D eigenvalue weighted by atomic mass is 9.86. The summed E-state index contributed by atoms with van der Waals surface area (Å²) in [4.78, 5) is 22.5. The fourth-order valence-electron chi connectivity index (χ4n) is 5.70. The summed E-state index contributed by atoms with van der Waals surface area (Å²) in [5.74, 6) is 1.96. The molecule has 5 aromatic rings. The molecule has 15 heteroatoms. The van der Waals surface area contributed by atoms with Crippen LogP contribution in [-0.4, -0.2) is 58.2 Å². The Balaban J connectivity index is 1.38. The van der Waals surface area contributed by atoms with Crippen molar-refractivity contribution in [2.45, 2.75) is 39.5 Å². The Kier molecular flexibility index (Phi) is 11.7. The number of benzene rings is 4. The van der Waals surface area contributed by atoms with Gasteiger partial charge in [0.25, 0.3) is 0 Å². The van der Waals surface area contributed by atoms with Crippen LogP contribution in [0.3, 0.4) is 0 Å². The van der Waals surface area contributed by atoms with Gasteiger partial charge in [0.2, 0.25) is 23.3 Å². The molecule has 0 saturated carbocycles. The van der Waals surface area contributed by atoms with Crippen molar-refractivity contribution in [3.8, 4) is 23.1 Å². The van der Waals surface area contributed by atoms with Gasteiger partial charge in [0.05, 0.1) is 49.4 Å². The van der Waals surface area contributed by atoms with Crippen molar-refractivity contribution >= 4 is 56.6 Å². The van der Waals surface area contributed by atoms with Crippen LogP contribution < -0.4 is 34.9 Å². The normalized spacial score (nSPS) is 12.8. The van der Waals surface area contributed by atoms with Crippen LogP contribution in [0, 0.1) is 0 Å². The minimum absolute atomic E-state index is 0.168. The van der Waals surface area contributed by atoms with Gasteiger partial charge in [-0.25, -0.2) is 18.2 Å². The number of amides is 2. The second-order valence-electron chi connectivity index (χ2n) is 13.3. The van der Waals surface area contributed by atoms with E-state index in [9.17, 15) is 17.8 Å². The Hall–Kier alpha value is -5.17. The number of anilines is 3. The predicted octanol–water partition coefficient (Wildman–Crippen LogP) is 7.91. The standard InChI is InChI=1S/C38H44N5O8PS/c1-9-50-52(7,45)33-17-14-24(20-32(33)48-5)21-34-39-19-18-35(42-34)51-31-16-15-28(26-12-10-11-13-27(26)31)40-37(44)41-29-22-25(38(2,3)4)23-30(36(29)49-6)43-53(8,46)47/h10-20,22-23,43H,9,21H2,1-8H3,(H2,40,41,44). The van der Waals surface area contributed by atoms with Crippen molar-refractivity contribution in [2.75, 3.05) is 49.1 Å². The molecule has 53 heavy (non-hydrogen) atoms. The highest BCUT2D eigenvalue weighted by Crippen LogP contribution is 2.44. The molecule has 0 spiro atoms. The fraction of sp³-hybridized carbons (Fsp3) is 0.289. The number of fused-ring (bicyclic) bond motifs is 1. The van der Waals surface area contributed by atoms with E-state index in [1.165, 1.54) is 14.2 Å². The first-order valence-corrected chi connectivity index (χ1v) is 20.7. The number of carbonyl (C=O) groups is 1. The van der Waals surface area contributed by atoms with E-state index in [-0.39, 0.29) is 22.5 Å². The van der Waals surface area contributed by atoms with Crippen LogP contribution in [0.25, 0.3) is 10.8 Å². The Morgan fingerprint density at radius 3 is 2.23 bits per heavy atom. The molecule has 3 N–H and O–H groups in total. The molecule has 0 fully saturated rings. The molecule has 0 bridgehead atoms. The molecule has 2 amide bonds. The zero-order chi connectivity index (χ0) is 38.6. The third kappa shape index (κ3) is 9.64. The predicted molar refractivity (Wildman–Crippen MR) is 209 cm³/mol. The van der Waals surface area contributed by atoms with Crippen LogP contribution in [0.15, 0.2) is 79.0 Å². The zero-order valence-corrected chi connectivity index (χ0v) is 32.6. The molecule has 1 unspecified atom stereocenters. The van der Waals surface area contributed by atoms with Gasteiger partial charge in [-0.1, -0.05) is 51.1 Å². The first kappa shape index (κ1) is 39.0. The number of rotatable bonds is 13. The van der Waals surface area contributed by atoms with E-state index in [0.29, 0.717) is 52.6 Å². The number of aromatic nitrogens is 2. The van der Waals surface area contributed by atoms with Gasteiger partial charge < -0.3 is 29.4 Å². The molecule has 4 aromatic carbocycles. The number of sulfonamides is 1. The van der Waals surface area contributed by atoms with Crippen LogP contribution in [0.5, 0.6) is 23.1 Å². The lowest BCUT2D eigenvalue weighted by Crippen LogP contribution is -2.22.